The predicted molar refractivity (Wildman–Crippen MR) is 171 cm³/mol. The summed E-state index contributed by atoms with van der Waals surface area (Å²) in [4.78, 5) is 12.7. The normalized spacial score (nSPS) is 35.6. The van der Waals surface area contributed by atoms with E-state index in [1.807, 2.05) is 5.57 Å². The summed E-state index contributed by atoms with van der Waals surface area (Å²) in [7, 11) is 1.52. The molecule has 0 saturated heterocycles. The van der Waals surface area contributed by atoms with Crippen molar-refractivity contribution in [3.05, 3.63) is 41.5 Å². The Balaban J connectivity index is 1.21. The van der Waals surface area contributed by atoms with E-state index in [0.717, 1.165) is 60.8 Å². The summed E-state index contributed by atoms with van der Waals surface area (Å²) in [5.41, 5.74) is 3.40. The maximum atomic E-state index is 12.7. The van der Waals surface area contributed by atoms with Crippen LogP contribution in [0.5, 0.6) is 11.5 Å². The van der Waals surface area contributed by atoms with Gasteiger partial charge < -0.3 is 14.6 Å². The van der Waals surface area contributed by atoms with E-state index >= 15 is 0 Å². The Morgan fingerprint density at radius 2 is 1.76 bits per heavy atom. The van der Waals surface area contributed by atoms with Gasteiger partial charge in [-0.3, -0.25) is 0 Å². The molecule has 9 unspecified atom stereocenters. The van der Waals surface area contributed by atoms with Crippen LogP contribution in [0.3, 0.4) is 0 Å². The zero-order valence-corrected chi connectivity index (χ0v) is 27.3. The second kappa shape index (κ2) is 12.4. The van der Waals surface area contributed by atoms with Gasteiger partial charge in [-0.15, -0.1) is 0 Å². The van der Waals surface area contributed by atoms with Gasteiger partial charge in [-0.25, -0.2) is 4.79 Å². The number of methoxy groups -OCH3 is 1. The van der Waals surface area contributed by atoms with Crippen LogP contribution >= 0.6 is 0 Å². The number of fused-ring (bicyclic) bond motifs is 5. The van der Waals surface area contributed by atoms with E-state index in [4.69, 9.17) is 9.47 Å². The number of carbonyl (C=O) groups excluding carboxylic acids is 1. The molecule has 4 aliphatic carbocycles. The molecule has 3 saturated carbocycles. The average molecular weight is 577 g/mol. The molecule has 1 N–H and O–H groups in total. The standard InChI is InChI=1S/C38H56O4/c1-24(2)25(3)8-9-26(4)31-14-15-32-30-13-12-28-23-29(18-20-37(28,5)33(30)19-21-38(31,32)6)42-36(40)17-11-27-10-16-34(39)35(22-27)41-7/h10-11,13,16-17,22,24-26,28-29,31-33,39H,8-9,12,14-15,18-21,23H2,1-7H3. The highest BCUT2D eigenvalue weighted by Gasteiger charge is 2.58. The molecule has 0 bridgehead atoms. The predicted octanol–water partition coefficient (Wildman–Crippen LogP) is 9.61. The largest absolute Gasteiger partial charge is 0.504 e. The summed E-state index contributed by atoms with van der Waals surface area (Å²) < 4.78 is 11.2. The first-order valence-corrected chi connectivity index (χ1v) is 16.9. The summed E-state index contributed by atoms with van der Waals surface area (Å²) in [5.74, 6) is 5.53. The molecule has 1 aromatic rings. The van der Waals surface area contributed by atoms with Crippen molar-refractivity contribution in [2.45, 2.75) is 112 Å². The monoisotopic (exact) mass is 576 g/mol. The van der Waals surface area contributed by atoms with Gasteiger partial charge in [-0.2, -0.15) is 0 Å². The lowest BCUT2D eigenvalue weighted by Crippen LogP contribution is -2.50. The molecule has 4 nitrogen and oxygen atoms in total. The highest BCUT2D eigenvalue weighted by molar-refractivity contribution is 5.87. The first-order chi connectivity index (χ1) is 20.0. The Morgan fingerprint density at radius 1 is 1.02 bits per heavy atom. The van der Waals surface area contributed by atoms with Crippen molar-refractivity contribution in [3.63, 3.8) is 0 Å². The molecular weight excluding hydrogens is 520 g/mol. The molecule has 5 rings (SSSR count). The third-order valence-corrected chi connectivity index (χ3v) is 12.9. The van der Waals surface area contributed by atoms with Crippen LogP contribution < -0.4 is 4.74 Å². The first-order valence-electron chi connectivity index (χ1n) is 16.9. The Kier molecular flexibility index (Phi) is 9.22. The number of rotatable bonds is 9. The highest BCUT2D eigenvalue weighted by atomic mass is 16.5. The van der Waals surface area contributed by atoms with Gasteiger partial charge in [0.2, 0.25) is 0 Å². The summed E-state index contributed by atoms with van der Waals surface area (Å²) in [6.45, 7) is 15.0. The molecule has 4 aliphatic rings. The lowest BCUT2D eigenvalue weighted by molar-refractivity contribution is -0.148. The number of hydrogen-bond donors (Lipinski definition) is 1. The number of phenols is 1. The fourth-order valence-electron chi connectivity index (χ4n) is 9.78. The average Bonchev–Trinajstić information content (AvgIpc) is 3.32. The van der Waals surface area contributed by atoms with Crippen molar-refractivity contribution in [3.8, 4) is 11.5 Å². The third-order valence-electron chi connectivity index (χ3n) is 12.9. The van der Waals surface area contributed by atoms with Crippen molar-refractivity contribution < 1.29 is 19.4 Å². The lowest BCUT2D eigenvalue weighted by atomic mass is 9.47. The number of carbonyl (C=O) groups is 1. The van der Waals surface area contributed by atoms with E-state index in [0.29, 0.717) is 28.4 Å². The second-order valence-corrected chi connectivity index (χ2v) is 15.3. The van der Waals surface area contributed by atoms with Gasteiger partial charge in [0.15, 0.2) is 11.5 Å². The van der Waals surface area contributed by atoms with E-state index in [9.17, 15) is 9.90 Å². The molecule has 0 aliphatic heterocycles. The molecular formula is C38H56O4. The van der Waals surface area contributed by atoms with Gasteiger partial charge in [0.05, 0.1) is 7.11 Å². The zero-order chi connectivity index (χ0) is 30.2. The Hall–Kier alpha value is -2.23. The lowest BCUT2D eigenvalue weighted by Gasteiger charge is -2.58. The van der Waals surface area contributed by atoms with E-state index in [1.165, 1.54) is 51.7 Å². The molecule has 0 aromatic heterocycles. The minimum atomic E-state index is -0.287. The van der Waals surface area contributed by atoms with Crippen LogP contribution in [0.1, 0.15) is 111 Å². The Labute approximate surface area is 255 Å². The minimum absolute atomic E-state index is 0.0108. The smallest absolute Gasteiger partial charge is 0.331 e. The van der Waals surface area contributed by atoms with E-state index < -0.39 is 0 Å². The molecule has 0 radical (unpaired) electrons. The molecule has 232 valence electrons. The SMILES string of the molecule is COc1cc(C=CC(=O)OC2CCC3(C)C(CC=C4C3CCC3(C)C4CCC3C(C)CCC(C)C(C)C)C2)ccc1O. The summed E-state index contributed by atoms with van der Waals surface area (Å²) in [6, 6.07) is 5.05. The fourth-order valence-corrected chi connectivity index (χ4v) is 9.78. The number of benzene rings is 1. The molecule has 3 fully saturated rings. The van der Waals surface area contributed by atoms with Gasteiger partial charge >= 0.3 is 5.97 Å². The van der Waals surface area contributed by atoms with Crippen LogP contribution in [0.4, 0.5) is 0 Å². The van der Waals surface area contributed by atoms with Crippen LogP contribution in [0.2, 0.25) is 0 Å². The van der Waals surface area contributed by atoms with Crippen LogP contribution in [0, 0.1) is 52.3 Å². The summed E-state index contributed by atoms with van der Waals surface area (Å²) in [5, 5.41) is 9.81. The topological polar surface area (TPSA) is 55.8 Å². The van der Waals surface area contributed by atoms with Crippen molar-refractivity contribution >= 4 is 12.0 Å². The van der Waals surface area contributed by atoms with Crippen molar-refractivity contribution in [2.75, 3.05) is 7.11 Å². The van der Waals surface area contributed by atoms with Crippen LogP contribution in [-0.4, -0.2) is 24.3 Å². The number of aromatic hydroxyl groups is 1. The molecule has 4 heteroatoms. The maximum absolute atomic E-state index is 12.7. The summed E-state index contributed by atoms with van der Waals surface area (Å²) in [6.07, 6.45) is 18.3. The molecule has 42 heavy (non-hydrogen) atoms. The van der Waals surface area contributed by atoms with Crippen molar-refractivity contribution in [1.29, 1.82) is 0 Å². The van der Waals surface area contributed by atoms with Gasteiger partial charge in [0.25, 0.3) is 0 Å². The number of allylic oxidation sites excluding steroid dienone is 2. The Bertz CT molecular complexity index is 1180. The van der Waals surface area contributed by atoms with Crippen LogP contribution in [0.15, 0.2) is 35.9 Å². The summed E-state index contributed by atoms with van der Waals surface area (Å²) >= 11 is 0. The highest BCUT2D eigenvalue weighted by Crippen LogP contribution is 2.67. The molecule has 0 amide bonds. The number of ether oxygens (including phenoxy) is 2. The number of phenolic OH excluding ortho intramolecular Hbond substituents is 1. The quantitative estimate of drug-likeness (QED) is 0.181. The first kappa shape index (κ1) is 31.2. The number of hydrogen-bond acceptors (Lipinski definition) is 4. The molecule has 9 atom stereocenters. The van der Waals surface area contributed by atoms with Crippen LogP contribution in [-0.2, 0) is 9.53 Å². The van der Waals surface area contributed by atoms with Crippen LogP contribution in [0.25, 0.3) is 6.08 Å². The van der Waals surface area contributed by atoms with E-state index in [-0.39, 0.29) is 17.8 Å². The zero-order valence-electron chi connectivity index (χ0n) is 27.3. The Morgan fingerprint density at radius 3 is 2.50 bits per heavy atom. The van der Waals surface area contributed by atoms with E-state index in [1.54, 1.807) is 24.3 Å². The number of esters is 1. The van der Waals surface area contributed by atoms with Gasteiger partial charge in [0.1, 0.15) is 6.10 Å². The molecule has 0 spiro atoms. The van der Waals surface area contributed by atoms with Gasteiger partial charge in [-0.1, -0.05) is 72.1 Å². The maximum Gasteiger partial charge on any atom is 0.331 e. The molecule has 0 heterocycles. The second-order valence-electron chi connectivity index (χ2n) is 15.3. The fraction of sp³-hybridized carbons (Fsp3) is 0.711. The van der Waals surface area contributed by atoms with Gasteiger partial charge in [0, 0.05) is 6.08 Å². The van der Waals surface area contributed by atoms with Crippen molar-refractivity contribution in [2.24, 2.45) is 52.3 Å². The van der Waals surface area contributed by atoms with E-state index in [2.05, 4.69) is 47.6 Å². The van der Waals surface area contributed by atoms with Crippen molar-refractivity contribution in [1.82, 2.24) is 0 Å². The third kappa shape index (κ3) is 5.93. The minimum Gasteiger partial charge on any atom is -0.504 e. The van der Waals surface area contributed by atoms with Gasteiger partial charge in [-0.05, 0) is 127 Å². The molecule has 1 aromatic carbocycles.